The number of alkyl carbamates (subject to hydrolysis) is 1. The number of amides is 2. The number of hydrogen-bond acceptors (Lipinski definition) is 6. The molecule has 1 aromatic carbocycles. The van der Waals surface area contributed by atoms with E-state index in [1.54, 1.807) is 52.0 Å². The van der Waals surface area contributed by atoms with Gasteiger partial charge >= 0.3 is 6.09 Å². The van der Waals surface area contributed by atoms with Crippen molar-refractivity contribution >= 4 is 17.8 Å². The van der Waals surface area contributed by atoms with Crippen LogP contribution >= 0.6 is 0 Å². The van der Waals surface area contributed by atoms with E-state index >= 15 is 0 Å². The van der Waals surface area contributed by atoms with E-state index < -0.39 is 29.3 Å². The molecule has 1 aliphatic rings. The number of hydrogen-bond donors (Lipinski definition) is 3. The summed E-state index contributed by atoms with van der Waals surface area (Å²) < 4.78 is 10.8. The number of aliphatic hydroxyl groups excluding tert-OH is 1. The van der Waals surface area contributed by atoms with Crippen molar-refractivity contribution in [3.05, 3.63) is 47.7 Å². The molecule has 1 aromatic rings. The first-order chi connectivity index (χ1) is 14.0. The number of benzene rings is 1. The van der Waals surface area contributed by atoms with Gasteiger partial charge in [-0.3, -0.25) is 9.59 Å². The molecule has 2 unspecified atom stereocenters. The Kier molecular flexibility index (Phi) is 7.61. The predicted octanol–water partition coefficient (Wildman–Crippen LogP) is 2.17. The van der Waals surface area contributed by atoms with Crippen molar-refractivity contribution in [2.45, 2.75) is 57.8 Å². The SMILES string of the molecule is CC(C)(C)OC(=O)NCCC(O)CCNC(=O)C1=CC(=O)C(C)(c2ccccc2)O1. The molecule has 0 fully saturated rings. The van der Waals surface area contributed by atoms with Crippen molar-refractivity contribution in [3.63, 3.8) is 0 Å². The lowest BCUT2D eigenvalue weighted by molar-refractivity contribution is -0.132. The molecule has 0 saturated heterocycles. The Morgan fingerprint density at radius 2 is 1.73 bits per heavy atom. The van der Waals surface area contributed by atoms with Gasteiger partial charge in [0.05, 0.1) is 6.10 Å². The Morgan fingerprint density at radius 1 is 1.13 bits per heavy atom. The smallest absolute Gasteiger partial charge is 0.407 e. The normalized spacial score (nSPS) is 19.5. The van der Waals surface area contributed by atoms with E-state index in [0.29, 0.717) is 18.4 Å². The first-order valence-corrected chi connectivity index (χ1v) is 9.95. The molecule has 164 valence electrons. The van der Waals surface area contributed by atoms with E-state index in [9.17, 15) is 19.5 Å². The van der Waals surface area contributed by atoms with Crippen LogP contribution in [-0.4, -0.2) is 47.7 Å². The Balaban J connectivity index is 1.72. The molecule has 0 aliphatic carbocycles. The summed E-state index contributed by atoms with van der Waals surface area (Å²) in [6, 6.07) is 8.98. The van der Waals surface area contributed by atoms with E-state index in [1.807, 2.05) is 6.07 Å². The molecule has 1 aliphatic heterocycles. The molecule has 8 heteroatoms. The monoisotopic (exact) mass is 418 g/mol. The van der Waals surface area contributed by atoms with Crippen molar-refractivity contribution in [2.24, 2.45) is 0 Å². The summed E-state index contributed by atoms with van der Waals surface area (Å²) in [5.74, 6) is -0.860. The zero-order valence-electron chi connectivity index (χ0n) is 17.9. The van der Waals surface area contributed by atoms with Crippen molar-refractivity contribution in [3.8, 4) is 0 Å². The van der Waals surface area contributed by atoms with Crippen LogP contribution < -0.4 is 10.6 Å². The van der Waals surface area contributed by atoms with Gasteiger partial charge in [0, 0.05) is 24.7 Å². The number of ether oxygens (including phenoxy) is 2. The van der Waals surface area contributed by atoms with Crippen molar-refractivity contribution in [2.75, 3.05) is 13.1 Å². The van der Waals surface area contributed by atoms with Gasteiger partial charge in [-0.15, -0.1) is 0 Å². The topological polar surface area (TPSA) is 114 Å². The molecule has 8 nitrogen and oxygen atoms in total. The molecule has 2 amide bonds. The second-order valence-electron chi connectivity index (χ2n) is 8.29. The Bertz CT molecular complexity index is 800. The van der Waals surface area contributed by atoms with Crippen LogP contribution in [-0.2, 0) is 24.7 Å². The molecule has 0 spiro atoms. The number of rotatable bonds is 8. The number of ketones is 1. The predicted molar refractivity (Wildman–Crippen MR) is 110 cm³/mol. The average molecular weight is 418 g/mol. The van der Waals surface area contributed by atoms with Crippen LogP contribution in [0.3, 0.4) is 0 Å². The lowest BCUT2D eigenvalue weighted by atomic mass is 9.92. The number of nitrogens with one attached hydrogen (secondary N) is 2. The number of aliphatic hydroxyl groups is 1. The molecular weight excluding hydrogens is 388 g/mol. The number of carbonyl (C=O) groups is 3. The lowest BCUT2D eigenvalue weighted by Gasteiger charge is -2.24. The quantitative estimate of drug-likeness (QED) is 0.596. The maximum absolute atomic E-state index is 12.4. The second-order valence-corrected chi connectivity index (χ2v) is 8.29. The molecule has 3 N–H and O–H groups in total. The summed E-state index contributed by atoms with van der Waals surface area (Å²) in [4.78, 5) is 36.3. The van der Waals surface area contributed by atoms with Gasteiger partial charge in [0.1, 0.15) is 5.60 Å². The highest BCUT2D eigenvalue weighted by molar-refractivity contribution is 6.07. The van der Waals surface area contributed by atoms with Crippen molar-refractivity contribution in [1.29, 1.82) is 0 Å². The standard InChI is InChI=1S/C22H30N2O6/c1-21(2,3)30-20(28)24-13-11-16(25)10-12-23-19(27)17-14-18(26)22(4,29-17)15-8-6-5-7-9-15/h5-9,14,16,25H,10-13H2,1-4H3,(H,23,27)(H,24,28). The van der Waals surface area contributed by atoms with Crippen molar-refractivity contribution < 1.29 is 29.0 Å². The summed E-state index contributed by atoms with van der Waals surface area (Å²) >= 11 is 0. The molecule has 2 rings (SSSR count). The highest BCUT2D eigenvalue weighted by atomic mass is 16.6. The van der Waals surface area contributed by atoms with Gasteiger partial charge in [0.2, 0.25) is 5.78 Å². The summed E-state index contributed by atoms with van der Waals surface area (Å²) in [6.45, 7) is 7.38. The second kappa shape index (κ2) is 9.75. The van der Waals surface area contributed by atoms with Gasteiger partial charge in [0.15, 0.2) is 11.4 Å². The first kappa shape index (κ1) is 23.4. The minimum atomic E-state index is -1.22. The van der Waals surface area contributed by atoms with E-state index in [4.69, 9.17) is 9.47 Å². The maximum Gasteiger partial charge on any atom is 0.407 e. The highest BCUT2D eigenvalue weighted by Gasteiger charge is 2.43. The Morgan fingerprint density at radius 3 is 2.33 bits per heavy atom. The zero-order chi connectivity index (χ0) is 22.4. The molecule has 0 saturated carbocycles. The van der Waals surface area contributed by atoms with Crippen LogP contribution in [0.15, 0.2) is 42.2 Å². The minimum absolute atomic E-state index is 0.0487. The van der Waals surface area contributed by atoms with Crippen LogP contribution in [0.5, 0.6) is 0 Å². The molecule has 1 heterocycles. The fraction of sp³-hybridized carbons (Fsp3) is 0.500. The van der Waals surface area contributed by atoms with Gasteiger partial charge < -0.3 is 25.2 Å². The average Bonchev–Trinajstić information content (AvgIpc) is 2.97. The molecule has 0 bridgehead atoms. The van der Waals surface area contributed by atoms with Crippen LogP contribution in [0, 0.1) is 0 Å². The van der Waals surface area contributed by atoms with Crippen LogP contribution in [0.25, 0.3) is 0 Å². The maximum atomic E-state index is 12.4. The van der Waals surface area contributed by atoms with E-state index in [0.717, 1.165) is 0 Å². The molecule has 30 heavy (non-hydrogen) atoms. The van der Waals surface area contributed by atoms with E-state index in [1.165, 1.54) is 6.08 Å². The summed E-state index contributed by atoms with van der Waals surface area (Å²) in [6.07, 6.45) is 0.552. The molecular formula is C22H30N2O6. The van der Waals surface area contributed by atoms with Gasteiger partial charge in [-0.2, -0.15) is 0 Å². The first-order valence-electron chi connectivity index (χ1n) is 9.95. The third-order valence-electron chi connectivity index (χ3n) is 4.50. The Hall–Kier alpha value is -2.87. The molecule has 2 atom stereocenters. The highest BCUT2D eigenvalue weighted by Crippen LogP contribution is 2.34. The largest absolute Gasteiger partial charge is 0.469 e. The zero-order valence-corrected chi connectivity index (χ0v) is 17.9. The fourth-order valence-corrected chi connectivity index (χ4v) is 2.86. The third-order valence-corrected chi connectivity index (χ3v) is 4.50. The lowest BCUT2D eigenvalue weighted by Crippen LogP contribution is -2.35. The van der Waals surface area contributed by atoms with E-state index in [2.05, 4.69) is 10.6 Å². The number of carbonyl (C=O) groups excluding carboxylic acids is 3. The van der Waals surface area contributed by atoms with Crippen LogP contribution in [0.1, 0.15) is 46.1 Å². The Labute approximate surface area is 176 Å². The van der Waals surface area contributed by atoms with Gasteiger partial charge in [0.25, 0.3) is 5.91 Å². The fourth-order valence-electron chi connectivity index (χ4n) is 2.86. The van der Waals surface area contributed by atoms with Gasteiger partial charge in [-0.1, -0.05) is 30.3 Å². The van der Waals surface area contributed by atoms with Crippen molar-refractivity contribution in [1.82, 2.24) is 10.6 Å². The summed E-state index contributed by atoms with van der Waals surface area (Å²) in [5.41, 5.74) is -1.13. The summed E-state index contributed by atoms with van der Waals surface area (Å²) in [7, 11) is 0. The molecule has 0 aromatic heterocycles. The van der Waals surface area contributed by atoms with Gasteiger partial charge in [-0.25, -0.2) is 4.79 Å². The molecule has 0 radical (unpaired) electrons. The van der Waals surface area contributed by atoms with Gasteiger partial charge in [-0.05, 0) is 40.5 Å². The summed E-state index contributed by atoms with van der Waals surface area (Å²) in [5, 5.41) is 15.2. The minimum Gasteiger partial charge on any atom is -0.469 e. The van der Waals surface area contributed by atoms with Crippen LogP contribution in [0.2, 0.25) is 0 Å². The van der Waals surface area contributed by atoms with E-state index in [-0.39, 0.29) is 24.6 Å². The third kappa shape index (κ3) is 6.59. The van der Waals surface area contributed by atoms with Crippen LogP contribution in [0.4, 0.5) is 4.79 Å².